The fraction of sp³-hybridized carbons (Fsp3) is 0.360. The third-order valence-electron chi connectivity index (χ3n) is 6.80. The number of hydrogen-bond donors (Lipinski definition) is 2. The van der Waals surface area contributed by atoms with Crippen molar-refractivity contribution in [1.82, 2.24) is 14.8 Å². The number of aromatic nitrogens is 3. The van der Waals surface area contributed by atoms with E-state index in [0.29, 0.717) is 12.0 Å². The largest absolute Gasteiger partial charge is 0.479 e. The zero-order chi connectivity index (χ0) is 22.8. The molecule has 32 heavy (non-hydrogen) atoms. The number of aliphatic carboxylic acids is 1. The maximum atomic E-state index is 15.1. The summed E-state index contributed by atoms with van der Waals surface area (Å²) in [6, 6.07) is 9.09. The molecule has 7 heteroatoms. The summed E-state index contributed by atoms with van der Waals surface area (Å²) in [7, 11) is 0. The maximum absolute atomic E-state index is 15.1. The molecule has 0 unspecified atom stereocenters. The Bertz CT molecular complexity index is 1370. The van der Waals surface area contributed by atoms with Gasteiger partial charge in [0.15, 0.2) is 0 Å². The number of nitrogens with zero attached hydrogens (tertiary/aromatic N) is 2. The molecule has 0 saturated heterocycles. The Morgan fingerprint density at radius 3 is 2.75 bits per heavy atom. The topological polar surface area (TPSA) is 70.9 Å². The molecular weight excluding hydrogens is 412 g/mol. The monoisotopic (exact) mass is 437 g/mol. The Morgan fingerprint density at radius 2 is 2.09 bits per heavy atom. The summed E-state index contributed by atoms with van der Waals surface area (Å²) in [5.41, 5.74) is 2.94. The zero-order valence-electron chi connectivity index (χ0n) is 18.2. The van der Waals surface area contributed by atoms with Crippen LogP contribution in [0, 0.1) is 12.7 Å². The van der Waals surface area contributed by atoms with Gasteiger partial charge >= 0.3 is 5.97 Å². The van der Waals surface area contributed by atoms with Crippen LogP contribution in [0.25, 0.3) is 27.5 Å². The number of aromatic amines is 1. The van der Waals surface area contributed by atoms with E-state index in [1.165, 1.54) is 6.07 Å². The molecule has 2 aromatic carbocycles. The Kier molecular flexibility index (Phi) is 4.62. The van der Waals surface area contributed by atoms with Crippen LogP contribution in [0.3, 0.4) is 0 Å². The lowest BCUT2D eigenvalue weighted by Gasteiger charge is -2.19. The molecule has 1 saturated carbocycles. The first-order valence-corrected chi connectivity index (χ1v) is 10.9. The van der Waals surface area contributed by atoms with Crippen molar-refractivity contribution in [1.29, 1.82) is 0 Å². The average Bonchev–Trinajstić information content (AvgIpc) is 3.43. The van der Waals surface area contributed by atoms with Crippen molar-refractivity contribution in [3.63, 3.8) is 0 Å². The quantitative estimate of drug-likeness (QED) is 0.403. The molecule has 2 N–H and O–H groups in total. The van der Waals surface area contributed by atoms with E-state index in [1.807, 2.05) is 18.2 Å². The number of hydrogen-bond acceptors (Lipinski definition) is 2. The van der Waals surface area contributed by atoms with Crippen LogP contribution in [0.2, 0.25) is 0 Å². The molecule has 0 bridgehead atoms. The Balaban J connectivity index is 1.84. The van der Waals surface area contributed by atoms with Gasteiger partial charge in [0.05, 0.1) is 17.2 Å². The standard InChI is InChI=1S/C25H25F2N3O2/c1-13(2)23-22(15-6-7-25(27,11-15)24(31)32)18-10-20-16(12-28-29-20)9-21(18)30(23)17-4-5-19(26)14(3)8-17/h4-5,8-10,12-13,15H,6-7,11H2,1-3H3,(H,28,29)(H,31,32)/t15-,25+/m1/s1. The molecule has 2 atom stereocenters. The SMILES string of the molecule is Cc1cc(-n2c(C(C)C)c([C@@H]3CC[C@@](F)(C(=O)O)C3)c3cc4[nH]ncc4cc32)ccc1F. The maximum Gasteiger partial charge on any atom is 0.341 e. The van der Waals surface area contributed by atoms with Gasteiger partial charge in [-0.05, 0) is 79.5 Å². The van der Waals surface area contributed by atoms with E-state index in [0.717, 1.165) is 38.8 Å². The lowest BCUT2D eigenvalue weighted by molar-refractivity contribution is -0.150. The Hall–Kier alpha value is -3.22. The normalized spacial score (nSPS) is 21.2. The highest BCUT2D eigenvalue weighted by Crippen LogP contribution is 2.49. The second-order valence-corrected chi connectivity index (χ2v) is 9.26. The van der Waals surface area contributed by atoms with E-state index in [4.69, 9.17) is 0 Å². The number of carbonyl (C=O) groups is 1. The van der Waals surface area contributed by atoms with E-state index in [2.05, 4.69) is 28.6 Å². The second-order valence-electron chi connectivity index (χ2n) is 9.26. The van der Waals surface area contributed by atoms with E-state index in [-0.39, 0.29) is 30.5 Å². The smallest absolute Gasteiger partial charge is 0.341 e. The molecule has 1 aliphatic carbocycles. The third kappa shape index (κ3) is 3.02. The minimum Gasteiger partial charge on any atom is -0.479 e. The van der Waals surface area contributed by atoms with E-state index >= 15 is 4.39 Å². The molecule has 0 radical (unpaired) electrons. The number of rotatable bonds is 4. The summed E-state index contributed by atoms with van der Waals surface area (Å²) < 4.78 is 31.2. The molecule has 1 aliphatic rings. The summed E-state index contributed by atoms with van der Waals surface area (Å²) in [6.07, 6.45) is 2.16. The van der Waals surface area contributed by atoms with Crippen molar-refractivity contribution in [3.8, 4) is 5.69 Å². The number of fused-ring (bicyclic) bond motifs is 2. The van der Waals surface area contributed by atoms with Gasteiger partial charge in [0, 0.05) is 22.2 Å². The fourth-order valence-electron chi connectivity index (χ4n) is 5.25. The summed E-state index contributed by atoms with van der Waals surface area (Å²) >= 11 is 0. The van der Waals surface area contributed by atoms with Gasteiger partial charge in [-0.3, -0.25) is 5.10 Å². The number of halogens is 2. The van der Waals surface area contributed by atoms with Crippen LogP contribution in [-0.2, 0) is 4.79 Å². The van der Waals surface area contributed by atoms with Crippen molar-refractivity contribution < 1.29 is 18.7 Å². The van der Waals surface area contributed by atoms with E-state index in [1.54, 1.807) is 19.2 Å². The first kappa shape index (κ1) is 20.7. The van der Waals surface area contributed by atoms with Crippen LogP contribution in [0.1, 0.15) is 61.8 Å². The van der Waals surface area contributed by atoms with Crippen LogP contribution in [0.5, 0.6) is 0 Å². The van der Waals surface area contributed by atoms with Gasteiger partial charge < -0.3 is 9.67 Å². The van der Waals surface area contributed by atoms with E-state index in [9.17, 15) is 14.3 Å². The minimum atomic E-state index is -2.21. The van der Waals surface area contributed by atoms with Gasteiger partial charge in [0.1, 0.15) is 5.82 Å². The van der Waals surface area contributed by atoms with Crippen LogP contribution >= 0.6 is 0 Å². The number of benzene rings is 2. The van der Waals surface area contributed by atoms with Crippen molar-refractivity contribution in [2.24, 2.45) is 0 Å². The Labute approximate surface area is 184 Å². The summed E-state index contributed by atoms with van der Waals surface area (Å²) in [5, 5.41) is 18.5. The molecule has 1 fully saturated rings. The molecule has 0 amide bonds. The third-order valence-corrected chi connectivity index (χ3v) is 6.80. The molecule has 0 aliphatic heterocycles. The first-order valence-electron chi connectivity index (χ1n) is 10.9. The second kappa shape index (κ2) is 7.15. The predicted molar refractivity (Wildman–Crippen MR) is 120 cm³/mol. The molecule has 5 nitrogen and oxygen atoms in total. The van der Waals surface area contributed by atoms with Crippen molar-refractivity contribution >= 4 is 27.8 Å². The molecule has 2 heterocycles. The zero-order valence-corrected chi connectivity index (χ0v) is 18.2. The molecular formula is C25H25F2N3O2. The lowest BCUT2D eigenvalue weighted by Crippen LogP contribution is -2.30. The fourth-order valence-corrected chi connectivity index (χ4v) is 5.25. The number of alkyl halides is 1. The minimum absolute atomic E-state index is 0.000827. The molecule has 4 aromatic rings. The van der Waals surface area contributed by atoms with Gasteiger partial charge in [-0.1, -0.05) is 13.8 Å². The number of carboxylic acid groups (broad SMARTS) is 1. The molecule has 166 valence electrons. The molecule has 0 spiro atoms. The highest BCUT2D eigenvalue weighted by molar-refractivity contribution is 5.99. The summed E-state index contributed by atoms with van der Waals surface area (Å²) in [4.78, 5) is 11.6. The lowest BCUT2D eigenvalue weighted by atomic mass is 9.89. The van der Waals surface area contributed by atoms with Crippen LogP contribution in [0.15, 0.2) is 36.5 Å². The summed E-state index contributed by atoms with van der Waals surface area (Å²) in [6.45, 7) is 5.88. The number of nitrogens with one attached hydrogen (secondary N) is 1. The van der Waals surface area contributed by atoms with Crippen LogP contribution < -0.4 is 0 Å². The Morgan fingerprint density at radius 1 is 1.31 bits per heavy atom. The van der Waals surface area contributed by atoms with Gasteiger partial charge in [0.25, 0.3) is 0 Å². The highest BCUT2D eigenvalue weighted by Gasteiger charge is 2.47. The molecule has 5 rings (SSSR count). The van der Waals surface area contributed by atoms with Gasteiger partial charge in [0.2, 0.25) is 5.67 Å². The van der Waals surface area contributed by atoms with Crippen LogP contribution in [0.4, 0.5) is 8.78 Å². The molecule has 2 aromatic heterocycles. The van der Waals surface area contributed by atoms with Crippen molar-refractivity contribution in [2.45, 2.75) is 57.5 Å². The van der Waals surface area contributed by atoms with Gasteiger partial charge in [-0.2, -0.15) is 5.10 Å². The van der Waals surface area contributed by atoms with Crippen molar-refractivity contribution in [3.05, 3.63) is 59.2 Å². The number of carboxylic acids is 1. The first-order chi connectivity index (χ1) is 15.2. The number of aryl methyl sites for hydroxylation is 1. The number of H-pyrrole nitrogens is 1. The van der Waals surface area contributed by atoms with Crippen molar-refractivity contribution in [2.75, 3.05) is 0 Å². The van der Waals surface area contributed by atoms with Gasteiger partial charge in [-0.25, -0.2) is 13.6 Å². The van der Waals surface area contributed by atoms with E-state index < -0.39 is 11.6 Å². The predicted octanol–water partition coefficient (Wildman–Crippen LogP) is 6.14. The van der Waals surface area contributed by atoms with Gasteiger partial charge in [-0.15, -0.1) is 0 Å². The average molecular weight is 437 g/mol. The summed E-state index contributed by atoms with van der Waals surface area (Å²) in [5.74, 6) is -1.80. The van der Waals surface area contributed by atoms with Crippen LogP contribution in [-0.4, -0.2) is 31.5 Å². The highest BCUT2D eigenvalue weighted by atomic mass is 19.1.